The molecule has 1 aliphatic heterocycles. The molecule has 1 saturated heterocycles. The van der Waals surface area contributed by atoms with Gasteiger partial charge in [-0.05, 0) is 47.0 Å². The molecule has 1 aromatic heterocycles. The molecule has 3 amide bonds. The Balaban J connectivity index is 1.32. The minimum atomic E-state index is -0.188. The van der Waals surface area contributed by atoms with Crippen molar-refractivity contribution in [2.24, 2.45) is 0 Å². The Morgan fingerprint density at radius 1 is 1.07 bits per heavy atom. The second kappa shape index (κ2) is 8.43. The van der Waals surface area contributed by atoms with E-state index >= 15 is 0 Å². The zero-order valence-electron chi connectivity index (χ0n) is 16.2. The fourth-order valence-corrected chi connectivity index (χ4v) is 4.76. The Bertz CT molecular complexity index is 1060. The van der Waals surface area contributed by atoms with Crippen molar-refractivity contribution in [1.82, 2.24) is 9.80 Å². The van der Waals surface area contributed by atoms with Gasteiger partial charge in [-0.25, -0.2) is 4.79 Å². The van der Waals surface area contributed by atoms with E-state index in [4.69, 9.17) is 11.6 Å². The van der Waals surface area contributed by atoms with Crippen LogP contribution < -0.4 is 5.32 Å². The average molecular weight is 428 g/mol. The highest BCUT2D eigenvalue weighted by Crippen LogP contribution is 2.26. The summed E-state index contributed by atoms with van der Waals surface area (Å²) >= 11 is 7.87. The summed E-state index contributed by atoms with van der Waals surface area (Å²) in [5, 5.41) is 6.60. The molecule has 1 fully saturated rings. The number of nitrogens with zero attached hydrogens (tertiary/aromatic N) is 2. The van der Waals surface area contributed by atoms with Gasteiger partial charge in [0.2, 0.25) is 5.91 Å². The van der Waals surface area contributed by atoms with Crippen molar-refractivity contribution in [3.63, 3.8) is 0 Å². The van der Waals surface area contributed by atoms with Gasteiger partial charge in [-0.3, -0.25) is 4.79 Å². The molecule has 1 N–H and O–H groups in total. The van der Waals surface area contributed by atoms with Crippen LogP contribution in [0.5, 0.6) is 0 Å². The largest absolute Gasteiger partial charge is 0.339 e. The van der Waals surface area contributed by atoms with E-state index in [0.29, 0.717) is 43.3 Å². The molecule has 0 radical (unpaired) electrons. The lowest BCUT2D eigenvalue weighted by Gasteiger charge is -2.34. The molecule has 0 atom stereocenters. The van der Waals surface area contributed by atoms with E-state index in [-0.39, 0.29) is 11.9 Å². The van der Waals surface area contributed by atoms with Crippen molar-refractivity contribution in [3.8, 4) is 0 Å². The van der Waals surface area contributed by atoms with Crippen LogP contribution in [0.3, 0.4) is 0 Å². The van der Waals surface area contributed by atoms with Crippen molar-refractivity contribution in [2.45, 2.75) is 13.3 Å². The molecule has 29 heavy (non-hydrogen) atoms. The second-order valence-electron chi connectivity index (χ2n) is 7.22. The van der Waals surface area contributed by atoms with Crippen LogP contribution in [0.1, 0.15) is 11.1 Å². The van der Waals surface area contributed by atoms with E-state index in [2.05, 4.69) is 22.8 Å². The molecule has 0 spiro atoms. The van der Waals surface area contributed by atoms with Crippen molar-refractivity contribution in [3.05, 3.63) is 64.0 Å². The third kappa shape index (κ3) is 4.38. The number of piperazine rings is 1. The Morgan fingerprint density at radius 2 is 1.79 bits per heavy atom. The van der Waals surface area contributed by atoms with Gasteiger partial charge in [-0.2, -0.15) is 0 Å². The highest BCUT2D eigenvalue weighted by Gasteiger charge is 2.25. The first-order valence-electron chi connectivity index (χ1n) is 9.56. The zero-order chi connectivity index (χ0) is 20.4. The molecule has 2 heterocycles. The Hall–Kier alpha value is -2.57. The van der Waals surface area contributed by atoms with Gasteiger partial charge in [0, 0.05) is 30.9 Å². The molecule has 2 aromatic carbocycles. The number of halogens is 1. The van der Waals surface area contributed by atoms with E-state index in [1.165, 1.54) is 4.70 Å². The van der Waals surface area contributed by atoms with Gasteiger partial charge in [-0.1, -0.05) is 35.9 Å². The summed E-state index contributed by atoms with van der Waals surface area (Å²) in [6, 6.07) is 13.5. The number of amides is 3. The highest BCUT2D eigenvalue weighted by molar-refractivity contribution is 7.17. The number of benzene rings is 2. The first-order chi connectivity index (χ1) is 14.0. The summed E-state index contributed by atoms with van der Waals surface area (Å²) in [5.74, 6) is 0.107. The summed E-state index contributed by atoms with van der Waals surface area (Å²) in [4.78, 5) is 28.8. The number of carbonyl (C=O) groups is 2. The predicted octanol–water partition coefficient (Wildman–Crippen LogP) is 4.78. The molecule has 7 heteroatoms. The van der Waals surface area contributed by atoms with Crippen LogP contribution in [-0.4, -0.2) is 47.9 Å². The molecule has 0 saturated carbocycles. The van der Waals surface area contributed by atoms with Crippen molar-refractivity contribution < 1.29 is 9.59 Å². The topological polar surface area (TPSA) is 52.7 Å². The summed E-state index contributed by atoms with van der Waals surface area (Å²) < 4.78 is 1.20. The van der Waals surface area contributed by atoms with E-state index < -0.39 is 0 Å². The van der Waals surface area contributed by atoms with Crippen molar-refractivity contribution in [2.75, 3.05) is 31.5 Å². The summed E-state index contributed by atoms with van der Waals surface area (Å²) in [7, 11) is 0. The summed E-state index contributed by atoms with van der Waals surface area (Å²) in [6.07, 6.45) is 0.398. The molecule has 0 aliphatic carbocycles. The predicted molar refractivity (Wildman–Crippen MR) is 119 cm³/mol. The second-order valence-corrected chi connectivity index (χ2v) is 8.53. The standard InChI is InChI=1S/C22H22ClN3O2S/c1-15-6-7-19(18(23)12-15)24-22(28)26-10-8-25(9-11-26)21(27)13-16-14-29-20-5-3-2-4-17(16)20/h2-7,12,14H,8-11,13H2,1H3,(H,24,28). The minimum Gasteiger partial charge on any atom is -0.339 e. The quantitative estimate of drug-likeness (QED) is 0.653. The third-order valence-electron chi connectivity index (χ3n) is 5.19. The molecule has 150 valence electrons. The van der Waals surface area contributed by atoms with Crippen molar-refractivity contribution >= 4 is 50.6 Å². The van der Waals surface area contributed by atoms with Crippen LogP contribution in [0.25, 0.3) is 10.1 Å². The van der Waals surface area contributed by atoms with Gasteiger partial charge in [-0.15, -0.1) is 11.3 Å². The number of anilines is 1. The van der Waals surface area contributed by atoms with Gasteiger partial charge in [0.25, 0.3) is 0 Å². The maximum atomic E-state index is 12.7. The highest BCUT2D eigenvalue weighted by atomic mass is 35.5. The number of carbonyl (C=O) groups excluding carboxylic acids is 2. The molecule has 4 rings (SSSR count). The molecule has 5 nitrogen and oxygen atoms in total. The number of thiophene rings is 1. The Morgan fingerprint density at radius 3 is 2.55 bits per heavy atom. The first-order valence-corrected chi connectivity index (χ1v) is 10.8. The molecule has 1 aliphatic rings. The van der Waals surface area contributed by atoms with E-state index in [0.717, 1.165) is 16.5 Å². The van der Waals surface area contributed by atoms with Crippen LogP contribution in [-0.2, 0) is 11.2 Å². The number of nitrogens with one attached hydrogen (secondary N) is 1. The fraction of sp³-hybridized carbons (Fsp3) is 0.273. The third-order valence-corrected chi connectivity index (χ3v) is 6.51. The number of hydrogen-bond donors (Lipinski definition) is 1. The molecular formula is C22H22ClN3O2S. The van der Waals surface area contributed by atoms with Gasteiger partial charge >= 0.3 is 6.03 Å². The minimum absolute atomic E-state index is 0.107. The molecular weight excluding hydrogens is 406 g/mol. The van der Waals surface area contributed by atoms with E-state index in [1.54, 1.807) is 22.3 Å². The van der Waals surface area contributed by atoms with Crippen LogP contribution in [0, 0.1) is 6.92 Å². The van der Waals surface area contributed by atoms with Gasteiger partial charge < -0.3 is 15.1 Å². The maximum absolute atomic E-state index is 12.7. The average Bonchev–Trinajstić information content (AvgIpc) is 3.13. The van der Waals surface area contributed by atoms with Crippen LogP contribution in [0.15, 0.2) is 47.8 Å². The monoisotopic (exact) mass is 427 g/mol. The fourth-order valence-electron chi connectivity index (χ4n) is 3.52. The number of fused-ring (bicyclic) bond motifs is 1. The molecule has 0 unspecified atom stereocenters. The van der Waals surface area contributed by atoms with Crippen molar-refractivity contribution in [1.29, 1.82) is 0 Å². The molecule has 3 aromatic rings. The Labute approximate surface area is 178 Å². The zero-order valence-corrected chi connectivity index (χ0v) is 17.7. The van der Waals surface area contributed by atoms with Gasteiger partial charge in [0.1, 0.15) is 0 Å². The van der Waals surface area contributed by atoms with E-state index in [9.17, 15) is 9.59 Å². The van der Waals surface area contributed by atoms with E-state index in [1.807, 2.05) is 36.1 Å². The molecule has 0 bridgehead atoms. The number of hydrogen-bond acceptors (Lipinski definition) is 3. The van der Waals surface area contributed by atoms with Crippen LogP contribution >= 0.6 is 22.9 Å². The van der Waals surface area contributed by atoms with Gasteiger partial charge in [0.05, 0.1) is 17.1 Å². The Kier molecular flexibility index (Phi) is 5.74. The summed E-state index contributed by atoms with van der Waals surface area (Å²) in [5.41, 5.74) is 2.72. The van der Waals surface area contributed by atoms with Crippen LogP contribution in [0.2, 0.25) is 5.02 Å². The number of aryl methyl sites for hydroxylation is 1. The summed E-state index contributed by atoms with van der Waals surface area (Å²) in [6.45, 7) is 4.04. The first kappa shape index (κ1) is 19.7. The lowest BCUT2D eigenvalue weighted by Crippen LogP contribution is -2.52. The van der Waals surface area contributed by atoms with Crippen LogP contribution in [0.4, 0.5) is 10.5 Å². The SMILES string of the molecule is Cc1ccc(NC(=O)N2CCN(C(=O)Cc3csc4ccccc34)CC2)c(Cl)c1. The number of rotatable bonds is 3. The van der Waals surface area contributed by atoms with Gasteiger partial charge in [0.15, 0.2) is 0 Å². The lowest BCUT2D eigenvalue weighted by molar-refractivity contribution is -0.131. The number of urea groups is 1. The smallest absolute Gasteiger partial charge is 0.322 e. The normalized spacial score (nSPS) is 14.3. The maximum Gasteiger partial charge on any atom is 0.322 e. The lowest BCUT2D eigenvalue weighted by atomic mass is 10.1.